The molecule has 4 saturated carbocycles. The number of halogens is 1. The van der Waals surface area contributed by atoms with Gasteiger partial charge in [-0.05, 0) is 74.5 Å². The molecule has 40 heavy (non-hydrogen) atoms. The molecule has 0 aromatic carbocycles. The molecular weight excluding hydrogens is 538 g/mol. The van der Waals surface area contributed by atoms with E-state index in [-0.39, 0.29) is 34.3 Å². The normalized spacial score (nSPS) is 26.7. The third-order valence-corrected chi connectivity index (χ3v) is 9.69. The van der Waals surface area contributed by atoms with Crippen LogP contribution >= 0.6 is 11.6 Å². The van der Waals surface area contributed by atoms with E-state index >= 15 is 0 Å². The molecule has 13 nitrogen and oxygen atoms in total. The Morgan fingerprint density at radius 3 is 2.30 bits per heavy atom. The largest absolute Gasteiger partial charge is 0.408 e. The summed E-state index contributed by atoms with van der Waals surface area (Å²) in [6.45, 7) is 3.63. The molecule has 7 rings (SSSR count). The fourth-order valence-corrected chi connectivity index (χ4v) is 8.23. The van der Waals surface area contributed by atoms with Gasteiger partial charge in [0.1, 0.15) is 5.69 Å². The van der Waals surface area contributed by atoms with Crippen molar-refractivity contribution >= 4 is 40.6 Å². The van der Waals surface area contributed by atoms with Crippen molar-refractivity contribution in [1.29, 1.82) is 0 Å². The smallest absolute Gasteiger partial charge is 0.358 e. The lowest BCUT2D eigenvalue weighted by Crippen LogP contribution is -2.57. The van der Waals surface area contributed by atoms with Gasteiger partial charge in [-0.15, -0.1) is 0 Å². The van der Waals surface area contributed by atoms with E-state index in [9.17, 15) is 19.7 Å². The number of hydrogen-bond donors (Lipinski definition) is 2. The summed E-state index contributed by atoms with van der Waals surface area (Å²) < 4.78 is 4.89. The fraction of sp³-hybridized carbons (Fsp3) is 0.577. The van der Waals surface area contributed by atoms with E-state index in [1.807, 2.05) is 6.92 Å². The Labute approximate surface area is 235 Å². The molecule has 3 heterocycles. The maximum absolute atomic E-state index is 13.5. The third-order valence-electron chi connectivity index (χ3n) is 9.25. The Kier molecular flexibility index (Phi) is 6.06. The number of anilines is 2. The minimum Gasteiger partial charge on any atom is -0.358 e. The first kappa shape index (κ1) is 26.5. The fourth-order valence-electron chi connectivity index (χ4n) is 8.04. The molecule has 14 heteroatoms. The first-order valence-electron chi connectivity index (χ1n) is 13.4. The maximum atomic E-state index is 13.5. The third kappa shape index (κ3) is 4.18. The van der Waals surface area contributed by atoms with Crippen molar-refractivity contribution in [2.24, 2.45) is 31.3 Å². The number of nitrogens with zero attached hydrogens (tertiary/aromatic N) is 7. The number of carbonyl (C=O) groups is 2. The topological polar surface area (TPSA) is 155 Å². The van der Waals surface area contributed by atoms with E-state index in [4.69, 9.17) is 11.6 Å². The van der Waals surface area contributed by atoms with Crippen LogP contribution in [0.5, 0.6) is 0 Å². The monoisotopic (exact) mass is 569 g/mol. The van der Waals surface area contributed by atoms with Crippen molar-refractivity contribution in [1.82, 2.24) is 29.3 Å². The Hall–Kier alpha value is -3.74. The van der Waals surface area contributed by atoms with Gasteiger partial charge in [-0.1, -0.05) is 11.6 Å². The second kappa shape index (κ2) is 9.15. The van der Waals surface area contributed by atoms with E-state index in [1.54, 1.807) is 36.6 Å². The van der Waals surface area contributed by atoms with Crippen LogP contribution in [-0.4, -0.2) is 46.1 Å². The summed E-state index contributed by atoms with van der Waals surface area (Å²) in [4.78, 5) is 37.7. The summed E-state index contributed by atoms with van der Waals surface area (Å²) in [5.41, 5.74) is 1.92. The van der Waals surface area contributed by atoms with E-state index in [0.29, 0.717) is 35.3 Å². The maximum Gasteiger partial charge on any atom is 0.408 e. The van der Waals surface area contributed by atoms with Crippen molar-refractivity contribution in [3.63, 3.8) is 0 Å². The SMILES string of the molecule is Cc1c(NC(=O)c2c(NC(=O)CC34CC5CC(C3)CC(n3nc([N+](=O)[O-])c(Cl)c3C)(C5)C4)cnn2C)cnn1C. The zero-order valence-corrected chi connectivity index (χ0v) is 23.7. The first-order valence-corrected chi connectivity index (χ1v) is 13.8. The Morgan fingerprint density at radius 1 is 1.05 bits per heavy atom. The minimum atomic E-state index is -0.535. The van der Waals surface area contributed by atoms with E-state index in [0.717, 1.165) is 37.8 Å². The molecule has 2 unspecified atom stereocenters. The summed E-state index contributed by atoms with van der Waals surface area (Å²) in [6.07, 6.45) is 8.76. The lowest BCUT2D eigenvalue weighted by atomic mass is 9.46. The summed E-state index contributed by atoms with van der Waals surface area (Å²) in [5.74, 6) is -0.0628. The zero-order chi connectivity index (χ0) is 28.6. The minimum absolute atomic E-state index is 0.0800. The van der Waals surface area contributed by atoms with Gasteiger partial charge in [0.2, 0.25) is 5.91 Å². The van der Waals surface area contributed by atoms with Crippen molar-refractivity contribution in [2.45, 2.75) is 64.3 Å². The highest BCUT2D eigenvalue weighted by Crippen LogP contribution is 2.65. The standard InChI is InChI=1S/C26H32ClN9O4/c1-14-18(11-28-33(14)3)31-24(38)22-19(12-29-34(22)4)30-20(37)10-25-6-16-5-17(7-25)9-26(8-16,13-25)35-15(2)21(27)23(32-35)36(39)40/h11-12,16-17H,5-10,13H2,1-4H3,(H,30,37)(H,31,38). The van der Waals surface area contributed by atoms with Gasteiger partial charge in [-0.2, -0.15) is 14.9 Å². The summed E-state index contributed by atoms with van der Waals surface area (Å²) >= 11 is 6.33. The summed E-state index contributed by atoms with van der Waals surface area (Å²) in [5, 5.41) is 30.2. The summed E-state index contributed by atoms with van der Waals surface area (Å²) in [7, 11) is 3.44. The number of hydrogen-bond acceptors (Lipinski definition) is 7. The predicted octanol–water partition coefficient (Wildman–Crippen LogP) is 4.11. The van der Waals surface area contributed by atoms with Gasteiger partial charge in [0.05, 0.1) is 45.8 Å². The first-order chi connectivity index (χ1) is 18.9. The number of amides is 2. The van der Waals surface area contributed by atoms with Crippen LogP contribution in [0.3, 0.4) is 0 Å². The quantitative estimate of drug-likeness (QED) is 0.320. The average Bonchev–Trinajstić information content (AvgIpc) is 3.48. The molecule has 4 fully saturated rings. The molecule has 0 spiro atoms. The Balaban J connectivity index is 1.23. The van der Waals surface area contributed by atoms with Gasteiger partial charge >= 0.3 is 5.82 Å². The van der Waals surface area contributed by atoms with Gasteiger partial charge in [0, 0.05) is 20.5 Å². The highest BCUT2D eigenvalue weighted by Gasteiger charge is 2.61. The zero-order valence-electron chi connectivity index (χ0n) is 22.9. The molecule has 3 aromatic rings. The Bertz CT molecular complexity index is 1540. The van der Waals surface area contributed by atoms with Crippen LogP contribution in [0, 0.1) is 41.2 Å². The molecule has 4 aliphatic rings. The van der Waals surface area contributed by atoms with Crippen LogP contribution in [0.1, 0.15) is 66.8 Å². The molecule has 212 valence electrons. The van der Waals surface area contributed by atoms with Crippen LogP contribution in [0.15, 0.2) is 12.4 Å². The number of nitrogens with one attached hydrogen (secondary N) is 2. The van der Waals surface area contributed by atoms with Crippen molar-refractivity contribution in [2.75, 3.05) is 10.6 Å². The summed E-state index contributed by atoms with van der Waals surface area (Å²) in [6, 6.07) is 0. The van der Waals surface area contributed by atoms with Gasteiger partial charge in [0.15, 0.2) is 5.02 Å². The molecular formula is C26H32ClN9O4. The molecule has 0 saturated heterocycles. The Morgan fingerprint density at radius 2 is 1.70 bits per heavy atom. The molecule has 3 aromatic heterocycles. The van der Waals surface area contributed by atoms with E-state index in [1.165, 1.54) is 10.9 Å². The lowest BCUT2D eigenvalue weighted by molar-refractivity contribution is -0.389. The van der Waals surface area contributed by atoms with Crippen LogP contribution in [0.2, 0.25) is 5.02 Å². The van der Waals surface area contributed by atoms with Crippen molar-refractivity contribution in [3.05, 3.63) is 44.6 Å². The van der Waals surface area contributed by atoms with Gasteiger partial charge in [0.25, 0.3) is 5.91 Å². The molecule has 2 N–H and O–H groups in total. The molecule has 2 amide bonds. The van der Waals surface area contributed by atoms with Gasteiger partial charge < -0.3 is 20.7 Å². The highest BCUT2D eigenvalue weighted by molar-refractivity contribution is 6.33. The van der Waals surface area contributed by atoms with Crippen LogP contribution in [0.25, 0.3) is 0 Å². The molecule has 2 atom stereocenters. The second-order valence-electron chi connectivity index (χ2n) is 12.1. The van der Waals surface area contributed by atoms with Gasteiger partial charge in [-0.25, -0.2) is 0 Å². The van der Waals surface area contributed by atoms with Crippen LogP contribution < -0.4 is 10.6 Å². The molecule has 4 bridgehead atoms. The lowest BCUT2D eigenvalue weighted by Gasteiger charge is -2.61. The van der Waals surface area contributed by atoms with Gasteiger partial charge in [-0.3, -0.25) is 19.0 Å². The number of aryl methyl sites for hydroxylation is 2. The van der Waals surface area contributed by atoms with E-state index < -0.39 is 16.4 Å². The number of rotatable bonds is 7. The molecule has 0 aliphatic heterocycles. The van der Waals surface area contributed by atoms with E-state index in [2.05, 4.69) is 25.9 Å². The predicted molar refractivity (Wildman–Crippen MR) is 146 cm³/mol. The number of aromatic nitrogens is 6. The molecule has 4 aliphatic carbocycles. The highest BCUT2D eigenvalue weighted by atomic mass is 35.5. The van der Waals surface area contributed by atoms with Crippen LogP contribution in [0.4, 0.5) is 17.2 Å². The number of nitro groups is 1. The van der Waals surface area contributed by atoms with Crippen LogP contribution in [-0.2, 0) is 24.4 Å². The second-order valence-corrected chi connectivity index (χ2v) is 12.4. The van der Waals surface area contributed by atoms with Crippen molar-refractivity contribution < 1.29 is 14.5 Å². The number of carbonyl (C=O) groups excluding carboxylic acids is 2. The molecule has 0 radical (unpaired) electrons. The van der Waals surface area contributed by atoms with Crippen molar-refractivity contribution in [3.8, 4) is 0 Å². The average molecular weight is 570 g/mol.